The number of benzene rings is 1. The van der Waals surface area contributed by atoms with Gasteiger partial charge in [-0.25, -0.2) is 0 Å². The van der Waals surface area contributed by atoms with E-state index in [1.807, 2.05) is 12.1 Å². The van der Waals surface area contributed by atoms with Crippen molar-refractivity contribution in [2.75, 3.05) is 32.2 Å². The SMILES string of the molecule is CCCC1CN(c2cc(OC)ccc2OC)C(CC)CN1. The van der Waals surface area contributed by atoms with Gasteiger partial charge in [-0.3, -0.25) is 0 Å². The highest BCUT2D eigenvalue weighted by Gasteiger charge is 2.28. The quantitative estimate of drug-likeness (QED) is 0.874. The molecule has 0 amide bonds. The first-order valence-corrected chi connectivity index (χ1v) is 7.95. The summed E-state index contributed by atoms with van der Waals surface area (Å²) in [6.07, 6.45) is 3.53. The van der Waals surface area contributed by atoms with Gasteiger partial charge in [0.25, 0.3) is 0 Å². The lowest BCUT2D eigenvalue weighted by molar-refractivity contribution is 0.359. The van der Waals surface area contributed by atoms with Crippen molar-refractivity contribution < 1.29 is 9.47 Å². The molecular formula is C17H28N2O2. The van der Waals surface area contributed by atoms with Crippen molar-refractivity contribution in [1.82, 2.24) is 5.32 Å². The molecule has 1 saturated heterocycles. The third kappa shape index (κ3) is 3.62. The number of piperazine rings is 1. The molecule has 0 radical (unpaired) electrons. The summed E-state index contributed by atoms with van der Waals surface area (Å²) in [4.78, 5) is 2.48. The zero-order valence-electron chi connectivity index (χ0n) is 13.7. The van der Waals surface area contributed by atoms with E-state index in [0.29, 0.717) is 12.1 Å². The summed E-state index contributed by atoms with van der Waals surface area (Å²) in [5.74, 6) is 1.80. The fraction of sp³-hybridized carbons (Fsp3) is 0.647. The number of rotatable bonds is 6. The van der Waals surface area contributed by atoms with Crippen molar-refractivity contribution in [3.8, 4) is 11.5 Å². The molecule has 21 heavy (non-hydrogen) atoms. The first-order chi connectivity index (χ1) is 10.2. The summed E-state index contributed by atoms with van der Waals surface area (Å²) < 4.78 is 11.0. The molecule has 0 spiro atoms. The van der Waals surface area contributed by atoms with Crippen molar-refractivity contribution in [1.29, 1.82) is 0 Å². The second-order valence-corrected chi connectivity index (χ2v) is 5.65. The smallest absolute Gasteiger partial charge is 0.142 e. The Balaban J connectivity index is 2.30. The van der Waals surface area contributed by atoms with Crippen LogP contribution in [0.3, 0.4) is 0 Å². The van der Waals surface area contributed by atoms with Crippen LogP contribution >= 0.6 is 0 Å². The number of hydrogen-bond acceptors (Lipinski definition) is 4. The minimum Gasteiger partial charge on any atom is -0.497 e. The molecule has 1 fully saturated rings. The minimum absolute atomic E-state index is 0.499. The third-order valence-corrected chi connectivity index (χ3v) is 4.30. The van der Waals surface area contributed by atoms with E-state index >= 15 is 0 Å². The van der Waals surface area contributed by atoms with Crippen LogP contribution in [0, 0.1) is 0 Å². The van der Waals surface area contributed by atoms with E-state index in [-0.39, 0.29) is 0 Å². The molecule has 0 saturated carbocycles. The van der Waals surface area contributed by atoms with Crippen molar-refractivity contribution in [3.05, 3.63) is 18.2 Å². The summed E-state index contributed by atoms with van der Waals surface area (Å²) in [6.45, 7) is 6.54. The molecule has 1 aliphatic rings. The average molecular weight is 292 g/mol. The first kappa shape index (κ1) is 16.0. The van der Waals surface area contributed by atoms with Gasteiger partial charge in [0.2, 0.25) is 0 Å². The van der Waals surface area contributed by atoms with Crippen molar-refractivity contribution in [2.24, 2.45) is 0 Å². The number of nitrogens with zero attached hydrogens (tertiary/aromatic N) is 1. The predicted octanol–water partition coefficient (Wildman–Crippen LogP) is 3.06. The molecule has 0 bridgehead atoms. The Kier molecular flexibility index (Phi) is 5.74. The van der Waals surface area contributed by atoms with Crippen LogP contribution in [0.25, 0.3) is 0 Å². The van der Waals surface area contributed by atoms with E-state index in [2.05, 4.69) is 30.1 Å². The highest BCUT2D eigenvalue weighted by molar-refractivity contribution is 5.62. The molecule has 1 aromatic rings. The van der Waals surface area contributed by atoms with Gasteiger partial charge in [-0.05, 0) is 25.0 Å². The van der Waals surface area contributed by atoms with E-state index in [1.54, 1.807) is 14.2 Å². The molecule has 4 nitrogen and oxygen atoms in total. The largest absolute Gasteiger partial charge is 0.497 e. The highest BCUT2D eigenvalue weighted by Crippen LogP contribution is 2.35. The molecule has 0 aliphatic carbocycles. The summed E-state index contributed by atoms with van der Waals surface area (Å²) in [5.41, 5.74) is 1.14. The number of anilines is 1. The third-order valence-electron chi connectivity index (χ3n) is 4.30. The van der Waals surface area contributed by atoms with Crippen LogP contribution in [0.1, 0.15) is 33.1 Å². The van der Waals surface area contributed by atoms with Crippen LogP contribution in [0.4, 0.5) is 5.69 Å². The van der Waals surface area contributed by atoms with Crippen LogP contribution in [0.5, 0.6) is 11.5 Å². The lowest BCUT2D eigenvalue weighted by atomic mass is 10.0. The van der Waals surface area contributed by atoms with Crippen LogP contribution < -0.4 is 19.7 Å². The van der Waals surface area contributed by atoms with Gasteiger partial charge < -0.3 is 19.7 Å². The second kappa shape index (κ2) is 7.55. The van der Waals surface area contributed by atoms with Crippen LogP contribution in [0.15, 0.2) is 18.2 Å². The van der Waals surface area contributed by atoms with Crippen molar-refractivity contribution >= 4 is 5.69 Å². The van der Waals surface area contributed by atoms with Crippen molar-refractivity contribution in [2.45, 2.75) is 45.2 Å². The maximum Gasteiger partial charge on any atom is 0.142 e. The second-order valence-electron chi connectivity index (χ2n) is 5.65. The van der Waals surface area contributed by atoms with Crippen LogP contribution in [-0.4, -0.2) is 39.4 Å². The summed E-state index contributed by atoms with van der Waals surface area (Å²) in [6, 6.07) is 7.09. The molecular weight excluding hydrogens is 264 g/mol. The fourth-order valence-corrected chi connectivity index (χ4v) is 3.09. The van der Waals surface area contributed by atoms with E-state index in [1.165, 1.54) is 12.8 Å². The van der Waals surface area contributed by atoms with Gasteiger partial charge in [0.15, 0.2) is 0 Å². The van der Waals surface area contributed by atoms with Crippen LogP contribution in [-0.2, 0) is 0 Å². The Hall–Kier alpha value is -1.42. The number of nitrogens with one attached hydrogen (secondary N) is 1. The molecule has 1 aliphatic heterocycles. The van der Waals surface area contributed by atoms with Crippen molar-refractivity contribution in [3.63, 3.8) is 0 Å². The Morgan fingerprint density at radius 2 is 2.05 bits per heavy atom. The maximum atomic E-state index is 5.57. The molecule has 1 aromatic carbocycles. The van der Waals surface area contributed by atoms with Crippen LogP contribution in [0.2, 0.25) is 0 Å². The predicted molar refractivity (Wildman–Crippen MR) is 87.7 cm³/mol. The van der Waals surface area contributed by atoms with E-state index in [0.717, 1.165) is 36.7 Å². The molecule has 2 atom stereocenters. The van der Waals surface area contributed by atoms with Gasteiger partial charge in [0.05, 0.1) is 19.9 Å². The molecule has 118 valence electrons. The summed E-state index contributed by atoms with van der Waals surface area (Å²) in [5, 5.41) is 3.67. The molecule has 1 N–H and O–H groups in total. The normalized spacial score (nSPS) is 22.2. The molecule has 4 heteroatoms. The van der Waals surface area contributed by atoms with E-state index in [4.69, 9.17) is 9.47 Å². The Bertz CT molecular complexity index is 450. The van der Waals surface area contributed by atoms with Gasteiger partial charge in [-0.2, -0.15) is 0 Å². The summed E-state index contributed by atoms with van der Waals surface area (Å²) >= 11 is 0. The molecule has 2 rings (SSSR count). The maximum absolute atomic E-state index is 5.57. The lowest BCUT2D eigenvalue weighted by Gasteiger charge is -2.42. The average Bonchev–Trinajstić information content (AvgIpc) is 2.54. The molecule has 2 unspecified atom stereocenters. The lowest BCUT2D eigenvalue weighted by Crippen LogP contribution is -2.56. The fourth-order valence-electron chi connectivity index (χ4n) is 3.09. The standard InChI is InChI=1S/C17H28N2O2/c1-5-7-13-12-19(14(6-2)11-18-13)16-10-15(20-3)8-9-17(16)21-4/h8-10,13-14,18H,5-7,11-12H2,1-4H3. The van der Waals surface area contributed by atoms with Gasteiger partial charge in [-0.15, -0.1) is 0 Å². The van der Waals surface area contributed by atoms with Gasteiger partial charge in [0.1, 0.15) is 11.5 Å². The van der Waals surface area contributed by atoms with Gasteiger partial charge >= 0.3 is 0 Å². The first-order valence-electron chi connectivity index (χ1n) is 7.95. The Labute approximate surface area is 128 Å². The summed E-state index contributed by atoms with van der Waals surface area (Å²) in [7, 11) is 3.44. The number of ether oxygens (including phenoxy) is 2. The zero-order valence-corrected chi connectivity index (χ0v) is 13.7. The molecule has 1 heterocycles. The number of hydrogen-bond donors (Lipinski definition) is 1. The Morgan fingerprint density at radius 1 is 1.24 bits per heavy atom. The topological polar surface area (TPSA) is 33.7 Å². The minimum atomic E-state index is 0.499. The monoisotopic (exact) mass is 292 g/mol. The van der Waals surface area contributed by atoms with E-state index < -0.39 is 0 Å². The van der Waals surface area contributed by atoms with Gasteiger partial charge in [0, 0.05) is 31.2 Å². The Morgan fingerprint density at radius 3 is 2.67 bits per heavy atom. The highest BCUT2D eigenvalue weighted by atomic mass is 16.5. The number of methoxy groups -OCH3 is 2. The zero-order chi connectivity index (χ0) is 15.2. The van der Waals surface area contributed by atoms with E-state index in [9.17, 15) is 0 Å². The van der Waals surface area contributed by atoms with Gasteiger partial charge in [-0.1, -0.05) is 20.3 Å². The molecule has 0 aromatic heterocycles.